The largest absolute Gasteiger partial charge is 0.472 e. The van der Waals surface area contributed by atoms with Gasteiger partial charge in [0.05, 0.1) is 19.8 Å². The van der Waals surface area contributed by atoms with E-state index in [1.54, 1.807) is 0 Å². The molecule has 3 N–H and O–H groups in total. The number of phosphoric acid groups is 1. The number of aliphatic hydroxyl groups excluding tert-OH is 2. The van der Waals surface area contributed by atoms with Gasteiger partial charge in [-0.1, -0.05) is 164 Å². The molecule has 0 saturated carbocycles. The Morgan fingerprint density at radius 3 is 1.42 bits per heavy atom. The molecular weight excluding hydrogens is 767 g/mol. The smallest absolute Gasteiger partial charge is 0.462 e. The summed E-state index contributed by atoms with van der Waals surface area (Å²) in [7, 11) is -4.63. The second kappa shape index (κ2) is 43.7. The molecule has 342 valence electrons. The summed E-state index contributed by atoms with van der Waals surface area (Å²) < 4.78 is 32.7. The summed E-state index contributed by atoms with van der Waals surface area (Å²) in [6, 6.07) is 0. The molecule has 0 aliphatic carbocycles. The van der Waals surface area contributed by atoms with Crippen LogP contribution in [0.3, 0.4) is 0 Å². The van der Waals surface area contributed by atoms with E-state index >= 15 is 0 Å². The van der Waals surface area contributed by atoms with Crippen molar-refractivity contribution in [1.82, 2.24) is 0 Å². The summed E-state index contributed by atoms with van der Waals surface area (Å²) in [4.78, 5) is 35.0. The highest BCUT2D eigenvalue weighted by Crippen LogP contribution is 2.43. The molecule has 0 bridgehead atoms. The number of rotatable bonds is 43. The molecule has 0 rings (SSSR count). The number of allylic oxidation sites excluding steroid dienone is 10. The van der Waals surface area contributed by atoms with E-state index in [-0.39, 0.29) is 19.4 Å². The van der Waals surface area contributed by atoms with Crippen LogP contribution in [0.5, 0.6) is 0 Å². The van der Waals surface area contributed by atoms with Crippen LogP contribution in [0, 0.1) is 0 Å². The van der Waals surface area contributed by atoms with E-state index in [1.807, 2.05) is 6.08 Å². The molecule has 1 unspecified atom stereocenters. The maximum atomic E-state index is 12.6. The van der Waals surface area contributed by atoms with Crippen molar-refractivity contribution in [2.75, 3.05) is 26.4 Å². The van der Waals surface area contributed by atoms with Crippen molar-refractivity contribution >= 4 is 19.8 Å². The molecule has 11 heteroatoms. The number of hydrogen-bond donors (Lipinski definition) is 3. The first-order valence-electron chi connectivity index (χ1n) is 23.2. The Hall–Kier alpha value is -2.33. The van der Waals surface area contributed by atoms with Gasteiger partial charge in [-0.15, -0.1) is 0 Å². The molecule has 0 saturated heterocycles. The lowest BCUT2D eigenvalue weighted by Crippen LogP contribution is -2.29. The van der Waals surface area contributed by atoms with Crippen molar-refractivity contribution in [1.29, 1.82) is 0 Å². The second-order valence-corrected chi connectivity index (χ2v) is 16.9. The molecule has 3 atom stereocenters. The average molecular weight is 853 g/mol. The molecular formula is C48H85O10P. The SMILES string of the molecule is CCCCC/C=C\C/C=C\C/C=C\C/C=C\CCCC(=O)OC[C@H](COP(=O)(O)OC[C@@H](O)CO)OC(=O)CCCCCCCCC/C=C\CCCCCCCCCC. The van der Waals surface area contributed by atoms with Crippen LogP contribution in [0.15, 0.2) is 60.8 Å². The minimum absolute atomic E-state index is 0.163. The molecule has 0 amide bonds. The Kier molecular flexibility index (Phi) is 42.0. The number of phosphoric ester groups is 1. The zero-order valence-corrected chi connectivity index (χ0v) is 38.1. The van der Waals surface area contributed by atoms with Gasteiger partial charge >= 0.3 is 19.8 Å². The van der Waals surface area contributed by atoms with Gasteiger partial charge in [0.2, 0.25) is 0 Å². The van der Waals surface area contributed by atoms with Crippen molar-refractivity contribution in [3.8, 4) is 0 Å². The summed E-state index contributed by atoms with van der Waals surface area (Å²) in [6.45, 7) is 2.29. The highest BCUT2D eigenvalue weighted by atomic mass is 31.2. The number of ether oxygens (including phenoxy) is 2. The van der Waals surface area contributed by atoms with Crippen molar-refractivity contribution in [2.45, 2.75) is 206 Å². The third kappa shape index (κ3) is 43.6. The van der Waals surface area contributed by atoms with E-state index < -0.39 is 51.8 Å². The molecule has 0 aliphatic rings. The van der Waals surface area contributed by atoms with E-state index in [2.05, 4.69) is 73.1 Å². The van der Waals surface area contributed by atoms with Crippen molar-refractivity contribution in [2.24, 2.45) is 0 Å². The number of unbranched alkanes of at least 4 members (excludes halogenated alkanes) is 19. The van der Waals surface area contributed by atoms with Crippen LogP contribution in [0.1, 0.15) is 194 Å². The molecule has 0 aliphatic heterocycles. The van der Waals surface area contributed by atoms with Gasteiger partial charge in [0.15, 0.2) is 6.10 Å². The maximum absolute atomic E-state index is 12.6. The predicted octanol–water partition coefficient (Wildman–Crippen LogP) is 12.7. The van der Waals surface area contributed by atoms with Crippen molar-refractivity contribution < 1.29 is 47.8 Å². The molecule has 0 aromatic heterocycles. The molecule has 0 radical (unpaired) electrons. The fraction of sp³-hybridized carbons (Fsp3) is 0.750. The summed E-state index contributed by atoms with van der Waals surface area (Å²) in [5, 5.41) is 18.4. The van der Waals surface area contributed by atoms with Gasteiger partial charge in [0, 0.05) is 12.8 Å². The van der Waals surface area contributed by atoms with Gasteiger partial charge in [0.1, 0.15) is 12.7 Å². The summed E-state index contributed by atoms with van der Waals surface area (Å²) in [6.07, 6.45) is 49.0. The van der Waals surface area contributed by atoms with Crippen LogP contribution in [-0.4, -0.2) is 65.7 Å². The van der Waals surface area contributed by atoms with Gasteiger partial charge in [-0.3, -0.25) is 18.6 Å². The van der Waals surface area contributed by atoms with Gasteiger partial charge in [0.25, 0.3) is 0 Å². The lowest BCUT2D eigenvalue weighted by molar-refractivity contribution is -0.161. The third-order valence-electron chi connectivity index (χ3n) is 9.64. The monoisotopic (exact) mass is 853 g/mol. The number of aliphatic hydroxyl groups is 2. The van der Waals surface area contributed by atoms with Crippen molar-refractivity contribution in [3.63, 3.8) is 0 Å². The van der Waals surface area contributed by atoms with E-state index in [4.69, 9.17) is 19.1 Å². The number of esters is 2. The molecule has 0 aromatic carbocycles. The zero-order valence-electron chi connectivity index (χ0n) is 37.2. The Morgan fingerprint density at radius 2 is 0.898 bits per heavy atom. The Morgan fingerprint density at radius 1 is 0.508 bits per heavy atom. The Bertz CT molecular complexity index is 1160. The number of hydrogen-bond acceptors (Lipinski definition) is 9. The minimum Gasteiger partial charge on any atom is -0.462 e. The maximum Gasteiger partial charge on any atom is 0.472 e. The normalized spacial score (nSPS) is 14.3. The summed E-state index contributed by atoms with van der Waals surface area (Å²) in [5.41, 5.74) is 0. The molecule has 10 nitrogen and oxygen atoms in total. The Balaban J connectivity index is 4.35. The molecule has 59 heavy (non-hydrogen) atoms. The highest BCUT2D eigenvalue weighted by Gasteiger charge is 2.27. The van der Waals surface area contributed by atoms with E-state index in [9.17, 15) is 24.2 Å². The van der Waals surface area contributed by atoms with Gasteiger partial charge in [-0.2, -0.15) is 0 Å². The van der Waals surface area contributed by atoms with E-state index in [0.29, 0.717) is 19.3 Å². The first-order chi connectivity index (χ1) is 28.7. The molecule has 0 aromatic rings. The first kappa shape index (κ1) is 56.7. The van der Waals surface area contributed by atoms with Crippen LogP contribution in [0.4, 0.5) is 0 Å². The lowest BCUT2D eigenvalue weighted by atomic mass is 10.1. The third-order valence-corrected chi connectivity index (χ3v) is 10.6. The minimum atomic E-state index is -4.63. The first-order valence-corrected chi connectivity index (χ1v) is 24.7. The molecule has 0 heterocycles. The lowest BCUT2D eigenvalue weighted by Gasteiger charge is -2.20. The fourth-order valence-corrected chi connectivity index (χ4v) is 6.83. The number of carbonyl (C=O) groups is 2. The fourth-order valence-electron chi connectivity index (χ4n) is 6.04. The Labute approximate surface area is 359 Å². The van der Waals surface area contributed by atoms with Crippen LogP contribution >= 0.6 is 7.82 Å². The highest BCUT2D eigenvalue weighted by molar-refractivity contribution is 7.47. The zero-order chi connectivity index (χ0) is 43.3. The van der Waals surface area contributed by atoms with Crippen LogP contribution in [0.2, 0.25) is 0 Å². The number of carbonyl (C=O) groups excluding carboxylic acids is 2. The van der Waals surface area contributed by atoms with Crippen LogP contribution in [0.25, 0.3) is 0 Å². The van der Waals surface area contributed by atoms with E-state index in [0.717, 1.165) is 51.4 Å². The summed E-state index contributed by atoms with van der Waals surface area (Å²) in [5.74, 6) is -0.996. The van der Waals surface area contributed by atoms with Gasteiger partial charge in [-0.05, 0) is 77.0 Å². The quantitative estimate of drug-likeness (QED) is 0.0234. The van der Waals surface area contributed by atoms with Crippen LogP contribution < -0.4 is 0 Å². The van der Waals surface area contributed by atoms with E-state index in [1.165, 1.54) is 96.3 Å². The molecule has 0 fully saturated rings. The summed E-state index contributed by atoms with van der Waals surface area (Å²) >= 11 is 0. The van der Waals surface area contributed by atoms with Gasteiger partial charge < -0.3 is 24.6 Å². The standard InChI is InChI=1S/C48H85O10P/c1-3-5-7-9-11-13-15-17-19-21-22-24-26-28-30-32-34-36-38-40-48(52)58-46(44-57-59(53,54)56-42-45(50)41-49)43-55-47(51)39-37-35-33-31-29-27-25-23-20-18-16-14-12-10-8-6-4-2/h12,14,18,20-22,25,27,31,33,45-46,49-50H,3-11,13,15-17,19,23-24,26,28-30,32,34-44H2,1-2H3,(H,53,54)/b14-12-,20-18-,22-21-,27-25-,33-31-/t45-,46+/m0/s1. The predicted molar refractivity (Wildman–Crippen MR) is 242 cm³/mol. The van der Waals surface area contributed by atoms with Gasteiger partial charge in [-0.25, -0.2) is 4.57 Å². The second-order valence-electron chi connectivity index (χ2n) is 15.4. The van der Waals surface area contributed by atoms with Crippen molar-refractivity contribution in [3.05, 3.63) is 60.8 Å². The molecule has 0 spiro atoms. The van der Waals surface area contributed by atoms with Crippen LogP contribution in [-0.2, 0) is 32.7 Å². The topological polar surface area (TPSA) is 149 Å². The average Bonchev–Trinajstić information content (AvgIpc) is 3.22.